The standard InChI is InChI=1S/C25H26ClFN4O3/c1-34-15-14-30(25(33)28-21-5-2-4-19(26)16-21)17-23(32)31-13-12-29-11-3-6-22(29)24(31)18-7-9-20(27)10-8-18/h2-11,16,24H,12-15,17H2,1H3,(H,28,33). The van der Waals surface area contributed by atoms with E-state index in [-0.39, 0.29) is 37.5 Å². The van der Waals surface area contributed by atoms with Crippen molar-refractivity contribution in [1.29, 1.82) is 0 Å². The molecule has 0 radical (unpaired) electrons. The molecule has 1 aromatic heterocycles. The lowest BCUT2D eigenvalue weighted by atomic mass is 9.99. The average Bonchev–Trinajstić information content (AvgIpc) is 3.30. The number of ether oxygens (including phenoxy) is 1. The number of aromatic nitrogens is 1. The number of nitrogens with one attached hydrogen (secondary N) is 1. The van der Waals surface area contributed by atoms with E-state index in [1.807, 2.05) is 18.3 Å². The van der Waals surface area contributed by atoms with Gasteiger partial charge in [-0.3, -0.25) is 4.79 Å². The van der Waals surface area contributed by atoms with Crippen molar-refractivity contribution >= 4 is 29.2 Å². The van der Waals surface area contributed by atoms with Gasteiger partial charge in [0.15, 0.2) is 0 Å². The number of nitrogens with zero attached hydrogens (tertiary/aromatic N) is 3. The number of urea groups is 1. The van der Waals surface area contributed by atoms with Gasteiger partial charge in [-0.05, 0) is 48.0 Å². The van der Waals surface area contributed by atoms with Crippen molar-refractivity contribution < 1.29 is 18.7 Å². The summed E-state index contributed by atoms with van der Waals surface area (Å²) >= 11 is 6.02. The third kappa shape index (κ3) is 5.40. The van der Waals surface area contributed by atoms with Crippen molar-refractivity contribution in [3.05, 3.63) is 89.0 Å². The van der Waals surface area contributed by atoms with E-state index in [1.54, 1.807) is 41.3 Å². The first kappa shape index (κ1) is 23.8. The number of hydrogen-bond donors (Lipinski definition) is 1. The number of amides is 3. The first-order valence-corrected chi connectivity index (χ1v) is 11.3. The smallest absolute Gasteiger partial charge is 0.322 e. The highest BCUT2D eigenvalue weighted by Crippen LogP contribution is 2.32. The zero-order valence-electron chi connectivity index (χ0n) is 18.8. The fraction of sp³-hybridized carbons (Fsp3) is 0.280. The van der Waals surface area contributed by atoms with E-state index in [0.29, 0.717) is 23.8 Å². The van der Waals surface area contributed by atoms with Crippen LogP contribution in [0.5, 0.6) is 0 Å². The molecule has 0 fully saturated rings. The van der Waals surface area contributed by atoms with Crippen LogP contribution >= 0.6 is 11.6 Å². The molecule has 3 amide bonds. The Morgan fingerprint density at radius 2 is 1.94 bits per heavy atom. The van der Waals surface area contributed by atoms with Crippen molar-refractivity contribution in [2.24, 2.45) is 0 Å². The highest BCUT2D eigenvalue weighted by atomic mass is 35.5. The Bertz CT molecular complexity index is 1150. The molecule has 0 bridgehead atoms. The highest BCUT2D eigenvalue weighted by molar-refractivity contribution is 6.30. The SMILES string of the molecule is COCCN(CC(=O)N1CCn2cccc2C1c1ccc(F)cc1)C(=O)Nc1cccc(Cl)c1. The fourth-order valence-corrected chi connectivity index (χ4v) is 4.31. The summed E-state index contributed by atoms with van der Waals surface area (Å²) in [6.45, 7) is 1.49. The molecule has 1 aliphatic heterocycles. The Morgan fingerprint density at radius 1 is 1.15 bits per heavy atom. The largest absolute Gasteiger partial charge is 0.383 e. The molecule has 0 saturated carbocycles. The van der Waals surface area contributed by atoms with E-state index < -0.39 is 6.03 Å². The molecular weight excluding hydrogens is 459 g/mol. The lowest BCUT2D eigenvalue weighted by molar-refractivity contribution is -0.134. The van der Waals surface area contributed by atoms with Gasteiger partial charge in [0.2, 0.25) is 5.91 Å². The van der Waals surface area contributed by atoms with Gasteiger partial charge < -0.3 is 24.4 Å². The van der Waals surface area contributed by atoms with Gasteiger partial charge in [0.1, 0.15) is 12.4 Å². The molecule has 7 nitrogen and oxygen atoms in total. The molecule has 0 saturated heterocycles. The van der Waals surface area contributed by atoms with Crippen molar-refractivity contribution in [3.63, 3.8) is 0 Å². The lowest BCUT2D eigenvalue weighted by Gasteiger charge is -2.38. The van der Waals surface area contributed by atoms with Crippen LogP contribution in [0.4, 0.5) is 14.9 Å². The number of carbonyl (C=O) groups excluding carboxylic acids is 2. The number of rotatable bonds is 7. The van der Waals surface area contributed by atoms with Crippen molar-refractivity contribution in [3.8, 4) is 0 Å². The fourth-order valence-electron chi connectivity index (χ4n) is 4.12. The predicted octanol–water partition coefficient (Wildman–Crippen LogP) is 4.39. The van der Waals surface area contributed by atoms with Crippen LogP contribution in [0.2, 0.25) is 5.02 Å². The summed E-state index contributed by atoms with van der Waals surface area (Å²) < 4.78 is 20.8. The molecule has 0 spiro atoms. The summed E-state index contributed by atoms with van der Waals surface area (Å²) in [5, 5.41) is 3.29. The summed E-state index contributed by atoms with van der Waals surface area (Å²) in [6, 6.07) is 16.1. The third-order valence-electron chi connectivity index (χ3n) is 5.80. The Hall–Kier alpha value is -3.36. The number of carbonyl (C=O) groups is 2. The molecule has 34 heavy (non-hydrogen) atoms. The van der Waals surface area contributed by atoms with Gasteiger partial charge in [-0.15, -0.1) is 0 Å². The van der Waals surface area contributed by atoms with Gasteiger partial charge in [-0.2, -0.15) is 0 Å². The molecule has 178 valence electrons. The van der Waals surface area contributed by atoms with Crippen LogP contribution in [0.1, 0.15) is 17.3 Å². The molecule has 1 aliphatic rings. The number of hydrogen-bond acceptors (Lipinski definition) is 3. The van der Waals surface area contributed by atoms with E-state index in [0.717, 1.165) is 11.3 Å². The Kier molecular flexibility index (Phi) is 7.49. The van der Waals surface area contributed by atoms with Gasteiger partial charge >= 0.3 is 6.03 Å². The molecule has 9 heteroatoms. The van der Waals surface area contributed by atoms with Crippen molar-refractivity contribution in [2.45, 2.75) is 12.6 Å². The number of halogens is 2. The van der Waals surface area contributed by atoms with Crippen molar-refractivity contribution in [2.75, 3.05) is 38.7 Å². The molecule has 0 aliphatic carbocycles. The molecule has 2 heterocycles. The summed E-state index contributed by atoms with van der Waals surface area (Å²) in [5.41, 5.74) is 2.28. The summed E-state index contributed by atoms with van der Waals surface area (Å²) in [5.74, 6) is -0.546. The molecule has 4 rings (SSSR count). The van der Waals surface area contributed by atoms with Crippen LogP contribution in [-0.4, -0.2) is 59.7 Å². The second-order valence-electron chi connectivity index (χ2n) is 8.02. The van der Waals surface area contributed by atoms with Crippen LogP contribution in [0.15, 0.2) is 66.9 Å². The second kappa shape index (κ2) is 10.7. The number of anilines is 1. The van der Waals surface area contributed by atoms with E-state index in [2.05, 4.69) is 9.88 Å². The number of benzene rings is 2. The van der Waals surface area contributed by atoms with Crippen LogP contribution in [0.25, 0.3) is 0 Å². The summed E-state index contributed by atoms with van der Waals surface area (Å²) in [7, 11) is 1.54. The van der Waals surface area contributed by atoms with Crippen LogP contribution in [-0.2, 0) is 16.1 Å². The molecule has 1 unspecified atom stereocenters. The molecule has 1 atom stereocenters. The maximum atomic E-state index is 13.6. The Morgan fingerprint density at radius 3 is 2.68 bits per heavy atom. The van der Waals surface area contributed by atoms with Crippen LogP contribution in [0, 0.1) is 5.82 Å². The van der Waals surface area contributed by atoms with E-state index in [9.17, 15) is 14.0 Å². The van der Waals surface area contributed by atoms with Gasteiger partial charge in [0, 0.05) is 49.3 Å². The number of methoxy groups -OCH3 is 1. The van der Waals surface area contributed by atoms with E-state index >= 15 is 0 Å². The molecular formula is C25H26ClFN4O3. The highest BCUT2D eigenvalue weighted by Gasteiger charge is 2.33. The third-order valence-corrected chi connectivity index (χ3v) is 6.03. The van der Waals surface area contributed by atoms with E-state index in [1.165, 1.54) is 24.1 Å². The second-order valence-corrected chi connectivity index (χ2v) is 8.46. The first-order chi connectivity index (χ1) is 16.5. The maximum absolute atomic E-state index is 13.6. The minimum atomic E-state index is -0.425. The van der Waals surface area contributed by atoms with Gasteiger partial charge in [-0.25, -0.2) is 9.18 Å². The van der Waals surface area contributed by atoms with Crippen LogP contribution < -0.4 is 5.32 Å². The van der Waals surface area contributed by atoms with E-state index in [4.69, 9.17) is 16.3 Å². The minimum Gasteiger partial charge on any atom is -0.383 e. The van der Waals surface area contributed by atoms with Gasteiger partial charge in [0.25, 0.3) is 0 Å². The van der Waals surface area contributed by atoms with Crippen molar-refractivity contribution in [1.82, 2.24) is 14.4 Å². The Balaban J connectivity index is 1.55. The molecule has 1 N–H and O–H groups in total. The van der Waals surface area contributed by atoms with Gasteiger partial charge in [-0.1, -0.05) is 29.8 Å². The Labute approximate surface area is 202 Å². The zero-order valence-corrected chi connectivity index (χ0v) is 19.5. The first-order valence-electron chi connectivity index (χ1n) is 11.0. The zero-order chi connectivity index (χ0) is 24.1. The minimum absolute atomic E-state index is 0.131. The summed E-state index contributed by atoms with van der Waals surface area (Å²) in [4.78, 5) is 29.7. The predicted molar refractivity (Wildman–Crippen MR) is 128 cm³/mol. The monoisotopic (exact) mass is 484 g/mol. The molecule has 2 aromatic carbocycles. The molecule has 3 aromatic rings. The van der Waals surface area contributed by atoms with Crippen LogP contribution in [0.3, 0.4) is 0 Å². The van der Waals surface area contributed by atoms with Gasteiger partial charge in [0.05, 0.1) is 12.6 Å². The number of fused-ring (bicyclic) bond motifs is 1. The average molecular weight is 485 g/mol. The maximum Gasteiger partial charge on any atom is 0.322 e. The quantitative estimate of drug-likeness (QED) is 0.540. The topological polar surface area (TPSA) is 66.8 Å². The lowest BCUT2D eigenvalue weighted by Crippen LogP contribution is -2.49. The normalized spacial score (nSPS) is 15.0. The summed E-state index contributed by atoms with van der Waals surface area (Å²) in [6.07, 6.45) is 1.97.